The summed E-state index contributed by atoms with van der Waals surface area (Å²) in [6.07, 6.45) is 3.86. The topological polar surface area (TPSA) is 86.1 Å². The van der Waals surface area contributed by atoms with Gasteiger partial charge in [0.2, 0.25) is 10.0 Å². The first-order valence-electron chi connectivity index (χ1n) is 7.06. The Hall–Kier alpha value is -1.93. The van der Waals surface area contributed by atoms with Crippen LogP contribution in [0.4, 0.5) is 0 Å². The van der Waals surface area contributed by atoms with Crippen LogP contribution in [0.15, 0.2) is 30.5 Å². The highest BCUT2D eigenvalue weighted by Crippen LogP contribution is 2.21. The molecule has 0 fully saturated rings. The Morgan fingerprint density at radius 1 is 1.36 bits per heavy atom. The average Bonchev–Trinajstić information content (AvgIpc) is 2.93. The third-order valence-corrected chi connectivity index (χ3v) is 3.57. The summed E-state index contributed by atoms with van der Waals surface area (Å²) in [6, 6.07) is 7.66. The predicted octanol–water partition coefficient (Wildman–Crippen LogP) is 1.28. The number of aromatic nitrogens is 3. The van der Waals surface area contributed by atoms with Crippen molar-refractivity contribution in [1.29, 1.82) is 0 Å². The maximum absolute atomic E-state index is 11.0. The summed E-state index contributed by atoms with van der Waals surface area (Å²) in [5.74, 6) is 0.799. The van der Waals surface area contributed by atoms with Crippen molar-refractivity contribution in [2.24, 2.45) is 0 Å². The lowest BCUT2D eigenvalue weighted by Gasteiger charge is -2.05. The van der Waals surface area contributed by atoms with Crippen molar-refractivity contribution < 1.29 is 13.2 Å². The number of nitrogens with zero attached hydrogens (tertiary/aromatic N) is 3. The van der Waals surface area contributed by atoms with Crippen molar-refractivity contribution in [2.45, 2.75) is 19.9 Å². The second kappa shape index (κ2) is 7.37. The molecule has 0 aliphatic heterocycles. The minimum atomic E-state index is -3.18. The van der Waals surface area contributed by atoms with E-state index in [0.717, 1.165) is 29.7 Å². The Labute approximate surface area is 130 Å². The first-order chi connectivity index (χ1) is 10.5. The van der Waals surface area contributed by atoms with Crippen LogP contribution in [0.1, 0.15) is 13.3 Å². The quantitative estimate of drug-likeness (QED) is 0.790. The number of sulfonamides is 1. The van der Waals surface area contributed by atoms with E-state index in [2.05, 4.69) is 22.0 Å². The van der Waals surface area contributed by atoms with E-state index >= 15 is 0 Å². The van der Waals surface area contributed by atoms with E-state index in [1.54, 1.807) is 10.9 Å². The number of hydrogen-bond acceptors (Lipinski definition) is 5. The van der Waals surface area contributed by atoms with Crippen molar-refractivity contribution >= 4 is 10.0 Å². The van der Waals surface area contributed by atoms with Crippen molar-refractivity contribution in [2.75, 3.05) is 19.4 Å². The van der Waals surface area contributed by atoms with Crippen LogP contribution in [0.5, 0.6) is 5.75 Å². The van der Waals surface area contributed by atoms with E-state index in [0.29, 0.717) is 13.2 Å². The Bertz CT molecular complexity index is 712. The van der Waals surface area contributed by atoms with Gasteiger partial charge < -0.3 is 4.74 Å². The zero-order valence-electron chi connectivity index (χ0n) is 12.7. The summed E-state index contributed by atoms with van der Waals surface area (Å²) >= 11 is 0. The molecule has 1 N–H and O–H groups in total. The van der Waals surface area contributed by atoms with E-state index in [-0.39, 0.29) is 6.54 Å². The molecule has 0 unspecified atom stereocenters. The van der Waals surface area contributed by atoms with Crippen molar-refractivity contribution in [3.05, 3.63) is 30.5 Å². The lowest BCUT2D eigenvalue weighted by atomic mass is 10.1. The molecule has 1 heterocycles. The molecule has 0 spiro atoms. The smallest absolute Gasteiger partial charge is 0.208 e. The molecule has 2 rings (SSSR count). The highest BCUT2D eigenvalue weighted by molar-refractivity contribution is 7.88. The number of rotatable bonds is 8. The van der Waals surface area contributed by atoms with Gasteiger partial charge in [-0.3, -0.25) is 4.68 Å². The fourth-order valence-corrected chi connectivity index (χ4v) is 2.31. The van der Waals surface area contributed by atoms with Gasteiger partial charge in [-0.05, 0) is 18.6 Å². The summed E-state index contributed by atoms with van der Waals surface area (Å²) in [4.78, 5) is 0. The van der Waals surface area contributed by atoms with Crippen LogP contribution in [0.2, 0.25) is 0 Å². The third kappa shape index (κ3) is 5.12. The Morgan fingerprint density at radius 3 is 2.91 bits per heavy atom. The van der Waals surface area contributed by atoms with Gasteiger partial charge >= 0.3 is 0 Å². The van der Waals surface area contributed by atoms with Crippen LogP contribution in [0.3, 0.4) is 0 Å². The van der Waals surface area contributed by atoms with E-state index in [4.69, 9.17) is 4.74 Å². The fraction of sp³-hybridized carbons (Fsp3) is 0.429. The molecule has 1 aromatic heterocycles. The van der Waals surface area contributed by atoms with E-state index in [9.17, 15) is 8.42 Å². The second-order valence-corrected chi connectivity index (χ2v) is 6.74. The summed E-state index contributed by atoms with van der Waals surface area (Å²) < 4.78 is 31.6. The Kier molecular flexibility index (Phi) is 5.51. The Morgan fingerprint density at radius 2 is 2.18 bits per heavy atom. The lowest BCUT2D eigenvalue weighted by molar-refractivity contribution is 0.317. The summed E-state index contributed by atoms with van der Waals surface area (Å²) in [5, 5.41) is 8.10. The lowest BCUT2D eigenvalue weighted by Crippen LogP contribution is -2.26. The molecule has 8 heteroatoms. The van der Waals surface area contributed by atoms with Gasteiger partial charge in [-0.2, -0.15) is 0 Å². The molecule has 0 aliphatic carbocycles. The van der Waals surface area contributed by atoms with Gasteiger partial charge in [0.1, 0.15) is 11.4 Å². The fourth-order valence-electron chi connectivity index (χ4n) is 1.85. The molecular formula is C14H20N4O3S. The molecule has 120 valence electrons. The SMILES string of the molecule is CCCOc1cccc(-c2cn(CCNS(C)(=O)=O)nn2)c1. The van der Waals surface area contributed by atoms with Crippen molar-refractivity contribution in [3.63, 3.8) is 0 Å². The third-order valence-electron chi connectivity index (χ3n) is 2.85. The minimum absolute atomic E-state index is 0.279. The summed E-state index contributed by atoms with van der Waals surface area (Å²) in [5.41, 5.74) is 1.64. The van der Waals surface area contributed by atoms with Gasteiger partial charge in [0.15, 0.2) is 0 Å². The molecule has 22 heavy (non-hydrogen) atoms. The Balaban J connectivity index is 2.01. The van der Waals surface area contributed by atoms with Gasteiger partial charge in [0.05, 0.1) is 25.6 Å². The molecule has 0 radical (unpaired) electrons. The van der Waals surface area contributed by atoms with E-state index < -0.39 is 10.0 Å². The van der Waals surface area contributed by atoms with Crippen LogP contribution >= 0.6 is 0 Å². The molecule has 0 saturated heterocycles. The first kappa shape index (κ1) is 16.4. The molecule has 0 saturated carbocycles. The van der Waals surface area contributed by atoms with Gasteiger partial charge in [-0.1, -0.05) is 24.3 Å². The van der Waals surface area contributed by atoms with Gasteiger partial charge in [0, 0.05) is 12.1 Å². The predicted molar refractivity (Wildman–Crippen MR) is 84.1 cm³/mol. The standard InChI is InChI=1S/C14H20N4O3S/c1-3-9-21-13-6-4-5-12(10-13)14-11-18(17-16-14)8-7-15-22(2,19)20/h4-6,10-11,15H,3,7-9H2,1-2H3. The molecule has 7 nitrogen and oxygen atoms in total. The minimum Gasteiger partial charge on any atom is -0.494 e. The largest absolute Gasteiger partial charge is 0.494 e. The van der Waals surface area contributed by atoms with Gasteiger partial charge in [0.25, 0.3) is 0 Å². The normalized spacial score (nSPS) is 11.5. The van der Waals surface area contributed by atoms with Crippen LogP contribution in [-0.2, 0) is 16.6 Å². The highest BCUT2D eigenvalue weighted by Gasteiger charge is 2.06. The maximum Gasteiger partial charge on any atom is 0.208 e. The molecule has 0 atom stereocenters. The number of benzene rings is 1. The van der Waals surface area contributed by atoms with E-state index in [1.165, 1.54) is 0 Å². The van der Waals surface area contributed by atoms with Gasteiger partial charge in [-0.15, -0.1) is 5.10 Å². The molecule has 1 aromatic carbocycles. The van der Waals surface area contributed by atoms with E-state index in [1.807, 2.05) is 24.3 Å². The maximum atomic E-state index is 11.0. The first-order valence-corrected chi connectivity index (χ1v) is 8.95. The monoisotopic (exact) mass is 324 g/mol. The number of hydrogen-bond donors (Lipinski definition) is 1. The zero-order chi connectivity index (χ0) is 16.0. The van der Waals surface area contributed by atoms with Crippen molar-refractivity contribution in [3.8, 4) is 17.0 Å². The second-order valence-electron chi connectivity index (χ2n) is 4.91. The summed E-state index contributed by atoms with van der Waals surface area (Å²) in [7, 11) is -3.18. The number of ether oxygens (including phenoxy) is 1. The molecule has 0 amide bonds. The molecular weight excluding hydrogens is 304 g/mol. The molecule has 0 aliphatic rings. The molecule has 0 bridgehead atoms. The highest BCUT2D eigenvalue weighted by atomic mass is 32.2. The van der Waals surface area contributed by atoms with Crippen LogP contribution in [0, 0.1) is 0 Å². The van der Waals surface area contributed by atoms with Crippen molar-refractivity contribution in [1.82, 2.24) is 19.7 Å². The average molecular weight is 324 g/mol. The zero-order valence-corrected chi connectivity index (χ0v) is 13.5. The van der Waals surface area contributed by atoms with Crippen LogP contribution in [0.25, 0.3) is 11.3 Å². The van der Waals surface area contributed by atoms with Crippen LogP contribution < -0.4 is 9.46 Å². The van der Waals surface area contributed by atoms with Gasteiger partial charge in [-0.25, -0.2) is 13.1 Å². The molecule has 2 aromatic rings. The van der Waals surface area contributed by atoms with Crippen LogP contribution in [-0.4, -0.2) is 42.8 Å². The summed E-state index contributed by atoms with van der Waals surface area (Å²) in [6.45, 7) is 3.43. The number of nitrogens with one attached hydrogen (secondary N) is 1.